The molecular weight excluding hydrogens is 255 g/mol. The van der Waals surface area contributed by atoms with Gasteiger partial charge in [0, 0.05) is 5.57 Å². The summed E-state index contributed by atoms with van der Waals surface area (Å²) in [4.78, 5) is 0. The molecule has 0 atom stereocenters. The van der Waals surface area contributed by atoms with Crippen LogP contribution in [0.25, 0.3) is 5.03 Å². The number of allylic oxidation sites excluding steroid dienone is 1. The lowest BCUT2D eigenvalue weighted by atomic mass is 10.1. The third kappa shape index (κ3) is 4.00. The minimum atomic E-state index is -4.72. The number of hydrogen-bond acceptors (Lipinski definition) is 2. The van der Waals surface area contributed by atoms with Gasteiger partial charge in [-0.05, 0) is 36.8 Å². The Morgan fingerprint density at radius 3 is 2.24 bits per heavy atom. The standard InChI is InChI=1S/C11H7ClF3NO/c1-7(6-16)10(12)8-2-4-9(5-3-8)17-11(13,14)15/h2-5H,1H3/b10-7-. The number of nitriles is 1. The third-order valence-electron chi connectivity index (χ3n) is 1.84. The molecule has 0 aromatic heterocycles. The number of alkyl halides is 3. The molecule has 0 fully saturated rings. The highest BCUT2D eigenvalue weighted by Gasteiger charge is 2.30. The first-order chi connectivity index (χ1) is 7.83. The lowest BCUT2D eigenvalue weighted by molar-refractivity contribution is -0.274. The van der Waals surface area contributed by atoms with Crippen LogP contribution >= 0.6 is 11.6 Å². The van der Waals surface area contributed by atoms with E-state index in [1.165, 1.54) is 19.1 Å². The molecule has 0 aliphatic heterocycles. The van der Waals surface area contributed by atoms with Crippen LogP contribution in [0.2, 0.25) is 0 Å². The van der Waals surface area contributed by atoms with Crippen molar-refractivity contribution >= 4 is 16.6 Å². The van der Waals surface area contributed by atoms with E-state index >= 15 is 0 Å². The fraction of sp³-hybridized carbons (Fsp3) is 0.182. The van der Waals surface area contributed by atoms with Crippen molar-refractivity contribution in [3.05, 3.63) is 35.4 Å². The van der Waals surface area contributed by atoms with Gasteiger partial charge >= 0.3 is 6.36 Å². The summed E-state index contributed by atoms with van der Waals surface area (Å²) in [6.07, 6.45) is -4.72. The molecule has 0 unspecified atom stereocenters. The summed E-state index contributed by atoms with van der Waals surface area (Å²) in [5.74, 6) is -0.333. The van der Waals surface area contributed by atoms with Crippen LogP contribution in [-0.2, 0) is 0 Å². The summed E-state index contributed by atoms with van der Waals surface area (Å²) in [6, 6.07) is 6.82. The second-order valence-corrected chi connectivity index (χ2v) is 3.50. The molecule has 6 heteroatoms. The van der Waals surface area contributed by atoms with Crippen LogP contribution in [0, 0.1) is 11.3 Å². The monoisotopic (exact) mass is 261 g/mol. The third-order valence-corrected chi connectivity index (χ3v) is 2.34. The Morgan fingerprint density at radius 2 is 1.82 bits per heavy atom. The summed E-state index contributed by atoms with van der Waals surface area (Å²) in [7, 11) is 0. The quantitative estimate of drug-likeness (QED) is 0.752. The SMILES string of the molecule is C/C(C#N)=C(/Cl)c1ccc(OC(F)(F)F)cc1. The van der Waals surface area contributed by atoms with Crippen molar-refractivity contribution < 1.29 is 17.9 Å². The lowest BCUT2D eigenvalue weighted by Crippen LogP contribution is -2.16. The maximum atomic E-state index is 11.9. The number of rotatable bonds is 2. The minimum absolute atomic E-state index is 0.200. The molecule has 1 aromatic carbocycles. The van der Waals surface area contributed by atoms with Crippen LogP contribution in [0.4, 0.5) is 13.2 Å². The molecular formula is C11H7ClF3NO. The van der Waals surface area contributed by atoms with Crippen LogP contribution in [-0.4, -0.2) is 6.36 Å². The first-order valence-corrected chi connectivity index (χ1v) is 4.84. The van der Waals surface area contributed by atoms with Crippen LogP contribution in [0.5, 0.6) is 5.75 Å². The Labute approximate surface area is 101 Å². The van der Waals surface area contributed by atoms with E-state index in [2.05, 4.69) is 4.74 Å². The molecule has 0 saturated carbocycles. The Bertz CT molecular complexity index is 471. The van der Waals surface area contributed by atoms with Crippen molar-refractivity contribution in [3.63, 3.8) is 0 Å². The van der Waals surface area contributed by atoms with E-state index < -0.39 is 6.36 Å². The average Bonchev–Trinajstić information content (AvgIpc) is 2.26. The van der Waals surface area contributed by atoms with Crippen LogP contribution in [0.15, 0.2) is 29.8 Å². The maximum absolute atomic E-state index is 11.9. The van der Waals surface area contributed by atoms with Gasteiger partial charge in [-0.25, -0.2) is 0 Å². The highest BCUT2D eigenvalue weighted by Crippen LogP contribution is 2.27. The van der Waals surface area contributed by atoms with Gasteiger partial charge in [0.25, 0.3) is 0 Å². The van der Waals surface area contributed by atoms with Gasteiger partial charge in [0.2, 0.25) is 0 Å². The molecule has 2 nitrogen and oxygen atoms in total. The lowest BCUT2D eigenvalue weighted by Gasteiger charge is -2.09. The van der Waals surface area contributed by atoms with Crippen LogP contribution in [0.1, 0.15) is 12.5 Å². The Kier molecular flexibility index (Phi) is 4.02. The van der Waals surface area contributed by atoms with E-state index in [0.717, 1.165) is 12.1 Å². The van der Waals surface area contributed by atoms with Crippen molar-refractivity contribution in [2.75, 3.05) is 0 Å². The molecule has 0 radical (unpaired) electrons. The number of benzene rings is 1. The zero-order chi connectivity index (χ0) is 13.1. The number of nitrogens with zero attached hydrogens (tertiary/aromatic N) is 1. The average molecular weight is 262 g/mol. The van der Waals surface area contributed by atoms with Gasteiger partial charge in [-0.3, -0.25) is 0 Å². The summed E-state index contributed by atoms with van der Waals surface area (Å²) >= 11 is 5.84. The van der Waals surface area contributed by atoms with E-state index in [9.17, 15) is 13.2 Å². The van der Waals surface area contributed by atoms with Crippen LogP contribution < -0.4 is 4.74 Å². The molecule has 0 aliphatic rings. The predicted molar refractivity (Wildman–Crippen MR) is 57.2 cm³/mol. The van der Waals surface area contributed by atoms with Crippen molar-refractivity contribution in [2.24, 2.45) is 0 Å². The molecule has 0 aliphatic carbocycles. The summed E-state index contributed by atoms with van der Waals surface area (Å²) in [6.45, 7) is 1.52. The fourth-order valence-corrected chi connectivity index (χ4v) is 1.24. The van der Waals surface area contributed by atoms with Crippen molar-refractivity contribution in [1.29, 1.82) is 5.26 Å². The first-order valence-electron chi connectivity index (χ1n) is 4.46. The van der Waals surface area contributed by atoms with E-state index in [-0.39, 0.29) is 16.4 Å². The van der Waals surface area contributed by atoms with Crippen molar-refractivity contribution in [2.45, 2.75) is 13.3 Å². The van der Waals surface area contributed by atoms with Gasteiger partial charge < -0.3 is 4.74 Å². The second kappa shape index (κ2) is 5.11. The normalized spacial score (nSPS) is 12.7. The number of hydrogen-bond donors (Lipinski definition) is 0. The van der Waals surface area contributed by atoms with E-state index in [1.54, 1.807) is 0 Å². The molecule has 1 aromatic rings. The molecule has 90 valence electrons. The fourth-order valence-electron chi connectivity index (χ4n) is 1.07. The largest absolute Gasteiger partial charge is 0.573 e. The van der Waals surface area contributed by atoms with Gasteiger partial charge in [-0.1, -0.05) is 11.6 Å². The second-order valence-electron chi connectivity index (χ2n) is 3.12. The molecule has 0 spiro atoms. The molecule has 0 bridgehead atoms. The highest BCUT2D eigenvalue weighted by atomic mass is 35.5. The summed E-state index contributed by atoms with van der Waals surface area (Å²) in [5, 5.41) is 8.81. The van der Waals surface area contributed by atoms with Gasteiger partial charge in [0.05, 0.1) is 11.1 Å². The van der Waals surface area contributed by atoms with Gasteiger partial charge in [-0.15, -0.1) is 13.2 Å². The molecule has 0 saturated heterocycles. The summed E-state index contributed by atoms with van der Waals surface area (Å²) < 4.78 is 39.3. The smallest absolute Gasteiger partial charge is 0.406 e. The number of ether oxygens (including phenoxy) is 1. The van der Waals surface area contributed by atoms with E-state index in [0.29, 0.717) is 5.56 Å². The molecule has 1 rings (SSSR count). The minimum Gasteiger partial charge on any atom is -0.406 e. The Hall–Kier alpha value is -1.67. The molecule has 0 heterocycles. The van der Waals surface area contributed by atoms with Gasteiger partial charge in [-0.2, -0.15) is 5.26 Å². The first kappa shape index (κ1) is 13.4. The van der Waals surface area contributed by atoms with E-state index in [4.69, 9.17) is 16.9 Å². The van der Waals surface area contributed by atoms with Gasteiger partial charge in [0.1, 0.15) is 5.75 Å². The van der Waals surface area contributed by atoms with Crippen molar-refractivity contribution in [1.82, 2.24) is 0 Å². The Morgan fingerprint density at radius 1 is 1.29 bits per heavy atom. The van der Waals surface area contributed by atoms with Crippen LogP contribution in [0.3, 0.4) is 0 Å². The topological polar surface area (TPSA) is 33.0 Å². The van der Waals surface area contributed by atoms with Crippen molar-refractivity contribution in [3.8, 4) is 11.8 Å². The molecule has 0 amide bonds. The number of halogens is 4. The summed E-state index contributed by atoms with van der Waals surface area (Å²) in [5.41, 5.74) is 0.747. The predicted octanol–water partition coefficient (Wildman–Crippen LogP) is 4.08. The zero-order valence-electron chi connectivity index (χ0n) is 8.68. The van der Waals surface area contributed by atoms with E-state index in [1.807, 2.05) is 6.07 Å². The Balaban J connectivity index is 2.94. The van der Waals surface area contributed by atoms with Gasteiger partial charge in [0.15, 0.2) is 0 Å². The highest BCUT2D eigenvalue weighted by molar-refractivity contribution is 6.49. The molecule has 17 heavy (non-hydrogen) atoms. The maximum Gasteiger partial charge on any atom is 0.573 e. The zero-order valence-corrected chi connectivity index (χ0v) is 9.43. The molecule has 0 N–H and O–H groups in total.